The molecule has 0 saturated heterocycles. The molecule has 3 heterocycles. The molecule has 1 aliphatic rings. The molecule has 3 aromatic heterocycles. The molecule has 132 valence electrons. The van der Waals surface area contributed by atoms with Crippen molar-refractivity contribution in [1.29, 1.82) is 0 Å². The van der Waals surface area contributed by atoms with Gasteiger partial charge in [0.05, 0.1) is 11.1 Å². The number of aromatic nitrogens is 3. The van der Waals surface area contributed by atoms with Crippen LogP contribution in [-0.4, -0.2) is 35.2 Å². The van der Waals surface area contributed by atoms with Gasteiger partial charge in [0, 0.05) is 20.3 Å². The van der Waals surface area contributed by atoms with Crippen LogP contribution >= 0.6 is 0 Å². The van der Waals surface area contributed by atoms with Gasteiger partial charge in [-0.25, -0.2) is 15.0 Å². The smallest absolute Gasteiger partial charge is 0.229 e. The quantitative estimate of drug-likeness (QED) is 0.688. The van der Waals surface area contributed by atoms with Crippen molar-refractivity contribution in [1.82, 2.24) is 15.0 Å². The van der Waals surface area contributed by atoms with Crippen LogP contribution < -0.4 is 5.32 Å². The van der Waals surface area contributed by atoms with Crippen molar-refractivity contribution in [2.75, 3.05) is 25.6 Å². The first-order valence-corrected chi connectivity index (χ1v) is 9.02. The Balaban J connectivity index is 1.84. The second kappa shape index (κ2) is 6.59. The van der Waals surface area contributed by atoms with Crippen molar-refractivity contribution in [2.45, 2.75) is 45.4 Å². The minimum absolute atomic E-state index is 0.391. The van der Waals surface area contributed by atoms with E-state index in [2.05, 4.69) is 29.1 Å². The predicted molar refractivity (Wildman–Crippen MR) is 98.2 cm³/mol. The maximum absolute atomic E-state index is 6.13. The zero-order valence-corrected chi connectivity index (χ0v) is 15.1. The van der Waals surface area contributed by atoms with Gasteiger partial charge in [0.2, 0.25) is 5.71 Å². The standard InChI is InChI=1S/C19H24N4O2/c1-11(2)15-13-7-4-6-12(13)14-16-17(25-19(14)23-15)18(22-10-21-16)20-8-5-9-24-3/h10-11H,4-9H2,1-3H3,(H,20,21,22). The predicted octanol–water partition coefficient (Wildman–Crippen LogP) is 3.83. The number of fused-ring (bicyclic) bond motifs is 5. The van der Waals surface area contributed by atoms with Crippen molar-refractivity contribution < 1.29 is 9.15 Å². The third kappa shape index (κ3) is 2.74. The zero-order valence-electron chi connectivity index (χ0n) is 15.1. The lowest BCUT2D eigenvalue weighted by molar-refractivity contribution is 0.198. The number of hydrogen-bond acceptors (Lipinski definition) is 6. The second-order valence-corrected chi connectivity index (χ2v) is 6.92. The fourth-order valence-electron chi connectivity index (χ4n) is 3.75. The van der Waals surface area contributed by atoms with Gasteiger partial charge in [0.1, 0.15) is 11.8 Å². The van der Waals surface area contributed by atoms with Crippen LogP contribution in [0.25, 0.3) is 22.2 Å². The number of nitrogens with zero attached hydrogens (tertiary/aromatic N) is 3. The minimum atomic E-state index is 0.391. The summed E-state index contributed by atoms with van der Waals surface area (Å²) in [4.78, 5) is 13.7. The number of ether oxygens (including phenoxy) is 1. The van der Waals surface area contributed by atoms with E-state index in [4.69, 9.17) is 14.1 Å². The van der Waals surface area contributed by atoms with Crippen LogP contribution in [0.2, 0.25) is 0 Å². The van der Waals surface area contributed by atoms with Gasteiger partial charge in [-0.05, 0) is 42.7 Å². The topological polar surface area (TPSA) is 73.1 Å². The molecule has 0 amide bonds. The van der Waals surface area contributed by atoms with Gasteiger partial charge < -0.3 is 14.5 Å². The number of pyridine rings is 1. The Kier molecular flexibility index (Phi) is 4.29. The molecule has 1 N–H and O–H groups in total. The summed E-state index contributed by atoms with van der Waals surface area (Å²) in [5, 5.41) is 4.41. The summed E-state index contributed by atoms with van der Waals surface area (Å²) >= 11 is 0. The van der Waals surface area contributed by atoms with Crippen molar-refractivity contribution in [2.24, 2.45) is 0 Å². The van der Waals surface area contributed by atoms with Crippen molar-refractivity contribution in [3.8, 4) is 0 Å². The molecule has 6 nitrogen and oxygen atoms in total. The molecule has 0 spiro atoms. The first kappa shape index (κ1) is 16.3. The van der Waals surface area contributed by atoms with E-state index in [0.29, 0.717) is 23.8 Å². The summed E-state index contributed by atoms with van der Waals surface area (Å²) < 4.78 is 11.2. The molecule has 0 aromatic carbocycles. The zero-order chi connectivity index (χ0) is 17.4. The Labute approximate surface area is 147 Å². The van der Waals surface area contributed by atoms with E-state index in [0.717, 1.165) is 42.5 Å². The van der Waals surface area contributed by atoms with E-state index >= 15 is 0 Å². The first-order chi connectivity index (χ1) is 12.2. The fraction of sp³-hybridized carbons (Fsp3) is 0.526. The van der Waals surface area contributed by atoms with E-state index in [1.54, 1.807) is 13.4 Å². The molecular weight excluding hydrogens is 316 g/mol. The molecule has 25 heavy (non-hydrogen) atoms. The highest BCUT2D eigenvalue weighted by Crippen LogP contribution is 2.39. The molecule has 6 heteroatoms. The number of anilines is 1. The van der Waals surface area contributed by atoms with Crippen LogP contribution in [0.3, 0.4) is 0 Å². The number of furan rings is 1. The van der Waals surface area contributed by atoms with E-state index in [1.165, 1.54) is 23.2 Å². The molecule has 0 bridgehead atoms. The molecular formula is C19H24N4O2. The highest BCUT2D eigenvalue weighted by molar-refractivity contribution is 6.06. The normalized spacial score (nSPS) is 13.9. The summed E-state index contributed by atoms with van der Waals surface area (Å²) in [5.41, 5.74) is 6.22. The minimum Gasteiger partial charge on any atom is -0.432 e. The third-order valence-electron chi connectivity index (χ3n) is 4.87. The van der Waals surface area contributed by atoms with Crippen molar-refractivity contribution in [3.63, 3.8) is 0 Å². The summed E-state index contributed by atoms with van der Waals surface area (Å²) in [7, 11) is 1.71. The lowest BCUT2D eigenvalue weighted by atomic mass is 9.99. The van der Waals surface area contributed by atoms with Crippen molar-refractivity contribution in [3.05, 3.63) is 23.1 Å². The van der Waals surface area contributed by atoms with Gasteiger partial charge in [-0.15, -0.1) is 0 Å². The molecule has 0 fully saturated rings. The molecule has 0 radical (unpaired) electrons. The Morgan fingerprint density at radius 1 is 1.24 bits per heavy atom. The van der Waals surface area contributed by atoms with Gasteiger partial charge in [-0.2, -0.15) is 0 Å². The van der Waals surface area contributed by atoms with Crippen LogP contribution in [0.4, 0.5) is 5.82 Å². The van der Waals surface area contributed by atoms with Crippen LogP contribution in [0.5, 0.6) is 0 Å². The highest BCUT2D eigenvalue weighted by atomic mass is 16.5. The monoisotopic (exact) mass is 340 g/mol. The molecule has 4 rings (SSSR count). The van der Waals surface area contributed by atoms with E-state index in [1.807, 2.05) is 0 Å². The third-order valence-corrected chi connectivity index (χ3v) is 4.87. The number of rotatable bonds is 6. The largest absolute Gasteiger partial charge is 0.432 e. The van der Waals surface area contributed by atoms with E-state index in [9.17, 15) is 0 Å². The summed E-state index contributed by atoms with van der Waals surface area (Å²) in [6.45, 7) is 5.88. The summed E-state index contributed by atoms with van der Waals surface area (Å²) in [6.07, 6.45) is 5.87. The number of aryl methyl sites for hydroxylation is 1. The average molecular weight is 340 g/mol. The molecule has 0 saturated carbocycles. The number of nitrogens with one attached hydrogen (secondary N) is 1. The van der Waals surface area contributed by atoms with Gasteiger partial charge in [0.25, 0.3) is 0 Å². The van der Waals surface area contributed by atoms with Crippen molar-refractivity contribution >= 4 is 28.0 Å². The van der Waals surface area contributed by atoms with Gasteiger partial charge in [-0.1, -0.05) is 13.8 Å². The summed E-state index contributed by atoms with van der Waals surface area (Å²) in [5.74, 6) is 1.12. The lowest BCUT2D eigenvalue weighted by Gasteiger charge is -2.10. The maximum atomic E-state index is 6.13. The van der Waals surface area contributed by atoms with Gasteiger partial charge in [0.15, 0.2) is 11.4 Å². The van der Waals surface area contributed by atoms with E-state index < -0.39 is 0 Å². The van der Waals surface area contributed by atoms with Gasteiger partial charge >= 0.3 is 0 Å². The Bertz CT molecular complexity index is 917. The molecule has 3 aromatic rings. The van der Waals surface area contributed by atoms with E-state index in [-0.39, 0.29) is 0 Å². The number of methoxy groups -OCH3 is 1. The first-order valence-electron chi connectivity index (χ1n) is 9.02. The number of hydrogen-bond donors (Lipinski definition) is 1. The molecule has 0 aliphatic heterocycles. The second-order valence-electron chi connectivity index (χ2n) is 6.92. The lowest BCUT2D eigenvalue weighted by Crippen LogP contribution is -2.06. The molecule has 0 atom stereocenters. The van der Waals surface area contributed by atoms with Crippen LogP contribution in [0.1, 0.15) is 49.4 Å². The molecule has 0 unspecified atom stereocenters. The Morgan fingerprint density at radius 3 is 2.88 bits per heavy atom. The average Bonchev–Trinajstić information content (AvgIpc) is 3.21. The van der Waals surface area contributed by atoms with Crippen LogP contribution in [-0.2, 0) is 17.6 Å². The fourth-order valence-corrected chi connectivity index (χ4v) is 3.75. The molecule has 1 aliphatic carbocycles. The van der Waals surface area contributed by atoms with Gasteiger partial charge in [-0.3, -0.25) is 0 Å². The van der Waals surface area contributed by atoms with Crippen LogP contribution in [0, 0.1) is 0 Å². The SMILES string of the molecule is COCCCNc1ncnc2c1oc1nc(C(C)C)c3c(c12)CCC3. The maximum Gasteiger partial charge on any atom is 0.229 e. The Hall–Kier alpha value is -2.21. The van der Waals surface area contributed by atoms with Crippen LogP contribution in [0.15, 0.2) is 10.7 Å². The Morgan fingerprint density at radius 2 is 2.08 bits per heavy atom. The highest BCUT2D eigenvalue weighted by Gasteiger charge is 2.26. The summed E-state index contributed by atoms with van der Waals surface area (Å²) in [6, 6.07) is 0.